The van der Waals surface area contributed by atoms with E-state index in [1.54, 1.807) is 23.1 Å². The molecule has 0 aliphatic carbocycles. The van der Waals surface area contributed by atoms with Crippen LogP contribution in [0.25, 0.3) is 10.2 Å². The number of halogens is 1. The van der Waals surface area contributed by atoms with Crippen molar-refractivity contribution in [1.82, 2.24) is 9.88 Å². The van der Waals surface area contributed by atoms with Crippen LogP contribution in [0.4, 0.5) is 0 Å². The summed E-state index contributed by atoms with van der Waals surface area (Å²) in [6.07, 6.45) is 1.88. The number of fused-ring (bicyclic) bond motifs is 1. The highest BCUT2D eigenvalue weighted by Gasteiger charge is 2.23. The SMILES string of the molecule is O=C1CCCN1CCCS(=O)(=O)c1nc2cc(Cl)ccc2s1. The van der Waals surface area contributed by atoms with Gasteiger partial charge in [0, 0.05) is 24.5 Å². The topological polar surface area (TPSA) is 67.3 Å². The number of nitrogens with zero attached hydrogens (tertiary/aromatic N) is 2. The van der Waals surface area contributed by atoms with Crippen molar-refractivity contribution in [1.29, 1.82) is 0 Å². The summed E-state index contributed by atoms with van der Waals surface area (Å²) in [6.45, 7) is 1.23. The molecule has 2 heterocycles. The molecule has 1 aliphatic heterocycles. The Bertz CT molecular complexity index is 817. The van der Waals surface area contributed by atoms with Gasteiger partial charge in [-0.1, -0.05) is 11.6 Å². The monoisotopic (exact) mass is 358 g/mol. The van der Waals surface area contributed by atoms with E-state index < -0.39 is 9.84 Å². The standard InChI is InChI=1S/C14H15ClN2O3S2/c15-10-4-5-12-11(9-10)16-14(21-12)22(19,20)8-2-7-17-6-1-3-13(17)18/h4-5,9H,1-3,6-8H2. The quantitative estimate of drug-likeness (QED) is 0.824. The van der Waals surface area contributed by atoms with Gasteiger partial charge in [-0.3, -0.25) is 4.79 Å². The number of benzene rings is 1. The number of hydrogen-bond donors (Lipinski definition) is 0. The number of likely N-dealkylation sites (tertiary alicyclic amines) is 1. The lowest BCUT2D eigenvalue weighted by atomic mass is 10.3. The van der Waals surface area contributed by atoms with Gasteiger partial charge in [-0.2, -0.15) is 0 Å². The first-order chi connectivity index (χ1) is 10.5. The van der Waals surface area contributed by atoms with E-state index in [2.05, 4.69) is 4.98 Å². The molecular formula is C14H15ClN2O3S2. The summed E-state index contributed by atoms with van der Waals surface area (Å²) in [7, 11) is -3.42. The zero-order chi connectivity index (χ0) is 15.7. The first kappa shape index (κ1) is 15.7. The third-order valence-electron chi connectivity index (χ3n) is 3.61. The molecular weight excluding hydrogens is 344 g/mol. The van der Waals surface area contributed by atoms with Crippen LogP contribution in [0.3, 0.4) is 0 Å². The number of carbonyl (C=O) groups is 1. The first-order valence-electron chi connectivity index (χ1n) is 7.02. The predicted octanol–water partition coefficient (Wildman–Crippen LogP) is 2.74. The number of hydrogen-bond acceptors (Lipinski definition) is 5. The number of amides is 1. The molecule has 1 saturated heterocycles. The normalized spacial score (nSPS) is 15.9. The maximum Gasteiger partial charge on any atom is 0.222 e. The molecule has 1 amide bonds. The summed E-state index contributed by atoms with van der Waals surface area (Å²) in [5.74, 6) is 0.122. The number of sulfone groups is 1. The Morgan fingerprint density at radius 3 is 2.91 bits per heavy atom. The third-order valence-corrected chi connectivity index (χ3v) is 7.14. The van der Waals surface area contributed by atoms with E-state index in [9.17, 15) is 13.2 Å². The number of thiazole rings is 1. The van der Waals surface area contributed by atoms with Crippen LogP contribution in [-0.4, -0.2) is 43.1 Å². The van der Waals surface area contributed by atoms with Crippen molar-refractivity contribution in [2.75, 3.05) is 18.8 Å². The molecule has 0 radical (unpaired) electrons. The minimum Gasteiger partial charge on any atom is -0.343 e. The van der Waals surface area contributed by atoms with Crippen LogP contribution >= 0.6 is 22.9 Å². The molecule has 0 N–H and O–H groups in total. The smallest absolute Gasteiger partial charge is 0.222 e. The second kappa shape index (κ2) is 6.14. The highest BCUT2D eigenvalue weighted by Crippen LogP contribution is 2.28. The van der Waals surface area contributed by atoms with Crippen LogP contribution in [0, 0.1) is 0 Å². The third kappa shape index (κ3) is 3.26. The summed E-state index contributed by atoms with van der Waals surface area (Å²) in [4.78, 5) is 17.4. The summed E-state index contributed by atoms with van der Waals surface area (Å²) in [6, 6.07) is 5.16. The van der Waals surface area contributed by atoms with Crippen molar-refractivity contribution < 1.29 is 13.2 Å². The van der Waals surface area contributed by atoms with Gasteiger partial charge >= 0.3 is 0 Å². The number of carbonyl (C=O) groups excluding carboxylic acids is 1. The van der Waals surface area contributed by atoms with Gasteiger partial charge in [0.15, 0.2) is 0 Å². The number of rotatable bonds is 5. The zero-order valence-corrected chi connectivity index (χ0v) is 14.2. The molecule has 1 aromatic carbocycles. The van der Waals surface area contributed by atoms with Gasteiger partial charge in [-0.25, -0.2) is 13.4 Å². The van der Waals surface area contributed by atoms with E-state index in [0.29, 0.717) is 29.9 Å². The van der Waals surface area contributed by atoms with Gasteiger partial charge in [-0.05, 0) is 31.0 Å². The molecule has 8 heteroatoms. The second-order valence-corrected chi connectivity index (χ2v) is 9.00. The molecule has 5 nitrogen and oxygen atoms in total. The molecule has 0 saturated carbocycles. The second-order valence-electron chi connectivity index (χ2n) is 5.25. The van der Waals surface area contributed by atoms with E-state index in [4.69, 9.17) is 11.6 Å². The van der Waals surface area contributed by atoms with Gasteiger partial charge < -0.3 is 4.90 Å². The molecule has 0 atom stereocenters. The molecule has 0 bridgehead atoms. The fourth-order valence-corrected chi connectivity index (χ4v) is 5.28. The summed E-state index contributed by atoms with van der Waals surface area (Å²) in [5.41, 5.74) is 0.603. The fraction of sp³-hybridized carbons (Fsp3) is 0.429. The molecule has 0 spiro atoms. The zero-order valence-electron chi connectivity index (χ0n) is 11.8. The molecule has 1 aromatic heterocycles. The van der Waals surface area contributed by atoms with Crippen molar-refractivity contribution in [2.24, 2.45) is 0 Å². The fourth-order valence-electron chi connectivity index (χ4n) is 2.49. The average molecular weight is 359 g/mol. The van der Waals surface area contributed by atoms with Gasteiger partial charge in [-0.15, -0.1) is 11.3 Å². The van der Waals surface area contributed by atoms with Crippen LogP contribution in [0.1, 0.15) is 19.3 Å². The van der Waals surface area contributed by atoms with Crippen LogP contribution in [-0.2, 0) is 14.6 Å². The molecule has 22 heavy (non-hydrogen) atoms. The van der Waals surface area contributed by atoms with Gasteiger partial charge in [0.1, 0.15) is 0 Å². The molecule has 118 valence electrons. The van der Waals surface area contributed by atoms with E-state index >= 15 is 0 Å². The molecule has 3 rings (SSSR count). The van der Waals surface area contributed by atoms with Gasteiger partial charge in [0.05, 0.1) is 16.0 Å². The minimum atomic E-state index is -3.42. The van der Waals surface area contributed by atoms with Gasteiger partial charge in [0.25, 0.3) is 0 Å². The van der Waals surface area contributed by atoms with E-state index in [0.717, 1.165) is 29.0 Å². The Morgan fingerprint density at radius 1 is 1.36 bits per heavy atom. The van der Waals surface area contributed by atoms with Crippen molar-refractivity contribution in [3.8, 4) is 0 Å². The van der Waals surface area contributed by atoms with Crippen LogP contribution in [0.5, 0.6) is 0 Å². The van der Waals surface area contributed by atoms with Crippen molar-refractivity contribution in [3.05, 3.63) is 23.2 Å². The van der Waals surface area contributed by atoms with Gasteiger partial charge in [0.2, 0.25) is 20.1 Å². The maximum absolute atomic E-state index is 12.4. The molecule has 1 aliphatic rings. The Balaban J connectivity index is 1.69. The largest absolute Gasteiger partial charge is 0.343 e. The van der Waals surface area contributed by atoms with Crippen LogP contribution in [0.15, 0.2) is 22.5 Å². The summed E-state index contributed by atoms with van der Waals surface area (Å²) >= 11 is 7.05. The summed E-state index contributed by atoms with van der Waals surface area (Å²) in [5, 5.41) is 0.536. The Hall–Kier alpha value is -1.18. The number of aromatic nitrogens is 1. The highest BCUT2D eigenvalue weighted by atomic mass is 35.5. The Labute approximate surface area is 137 Å². The van der Waals surface area contributed by atoms with E-state index in [1.165, 1.54) is 0 Å². The summed E-state index contributed by atoms with van der Waals surface area (Å²) < 4.78 is 25.6. The lowest BCUT2D eigenvalue weighted by Crippen LogP contribution is -2.27. The molecule has 1 fully saturated rings. The lowest BCUT2D eigenvalue weighted by Gasteiger charge is -2.14. The van der Waals surface area contributed by atoms with E-state index in [1.807, 2.05) is 0 Å². The maximum atomic E-state index is 12.4. The molecule has 0 unspecified atom stereocenters. The highest BCUT2D eigenvalue weighted by molar-refractivity contribution is 7.93. The van der Waals surface area contributed by atoms with Crippen molar-refractivity contribution in [3.63, 3.8) is 0 Å². The van der Waals surface area contributed by atoms with E-state index in [-0.39, 0.29) is 16.0 Å². The van der Waals surface area contributed by atoms with Crippen molar-refractivity contribution in [2.45, 2.75) is 23.6 Å². The predicted molar refractivity (Wildman–Crippen MR) is 87.1 cm³/mol. The van der Waals surface area contributed by atoms with Crippen LogP contribution in [0.2, 0.25) is 5.02 Å². The Kier molecular flexibility index (Phi) is 4.38. The lowest BCUT2D eigenvalue weighted by molar-refractivity contribution is -0.127. The average Bonchev–Trinajstić information content (AvgIpc) is 3.05. The van der Waals surface area contributed by atoms with Crippen LogP contribution < -0.4 is 0 Å². The first-order valence-corrected chi connectivity index (χ1v) is 9.87. The minimum absolute atomic E-state index is 0.00430. The Morgan fingerprint density at radius 2 is 2.18 bits per heavy atom. The molecule has 2 aromatic rings. The van der Waals surface area contributed by atoms with Crippen molar-refractivity contribution >= 4 is 48.9 Å².